The van der Waals surface area contributed by atoms with Crippen molar-refractivity contribution in [1.29, 1.82) is 0 Å². The van der Waals surface area contributed by atoms with Crippen molar-refractivity contribution in [2.45, 2.75) is 97.0 Å². The molecule has 0 heterocycles. The van der Waals surface area contributed by atoms with Crippen molar-refractivity contribution in [3.8, 4) is 0 Å². The van der Waals surface area contributed by atoms with Crippen molar-refractivity contribution in [2.24, 2.45) is 5.92 Å². The first-order chi connectivity index (χ1) is 9.61. The van der Waals surface area contributed by atoms with Crippen LogP contribution in [0.1, 0.15) is 91.4 Å². The van der Waals surface area contributed by atoms with Crippen LogP contribution in [0, 0.1) is 5.92 Å². The van der Waals surface area contributed by atoms with Gasteiger partial charge in [0, 0.05) is 13.0 Å². The van der Waals surface area contributed by atoms with E-state index in [1.54, 1.807) is 5.57 Å². The van der Waals surface area contributed by atoms with Crippen LogP contribution in [0.4, 0.5) is 0 Å². The number of hydrogen-bond donors (Lipinski definition) is 0. The highest BCUT2D eigenvalue weighted by atomic mass is 16.5. The second-order valence-electron chi connectivity index (χ2n) is 6.94. The van der Waals surface area contributed by atoms with Crippen molar-refractivity contribution in [3.63, 3.8) is 0 Å². The molecule has 0 aliphatic heterocycles. The molecular weight excluding hydrogens is 244 g/mol. The Kier molecular flexibility index (Phi) is 8.52. The lowest BCUT2D eigenvalue weighted by Gasteiger charge is -2.36. The van der Waals surface area contributed by atoms with Gasteiger partial charge in [-0.2, -0.15) is 0 Å². The Morgan fingerprint density at radius 3 is 2.40 bits per heavy atom. The largest absolute Gasteiger partial charge is 0.378 e. The molecule has 1 heteroatoms. The SMILES string of the molecule is CCCCCCCCC(C1=CCCCC1)C(C)(C)OC. The lowest BCUT2D eigenvalue weighted by Crippen LogP contribution is -2.35. The number of ether oxygens (including phenoxy) is 1. The summed E-state index contributed by atoms with van der Waals surface area (Å²) in [5.74, 6) is 0.624. The van der Waals surface area contributed by atoms with Crippen LogP contribution >= 0.6 is 0 Å². The van der Waals surface area contributed by atoms with Crippen LogP contribution in [0.25, 0.3) is 0 Å². The highest BCUT2D eigenvalue weighted by molar-refractivity contribution is 5.13. The van der Waals surface area contributed by atoms with Gasteiger partial charge < -0.3 is 4.74 Å². The molecule has 0 spiro atoms. The number of methoxy groups -OCH3 is 1. The van der Waals surface area contributed by atoms with Gasteiger partial charge >= 0.3 is 0 Å². The third-order valence-electron chi connectivity index (χ3n) is 4.99. The summed E-state index contributed by atoms with van der Waals surface area (Å²) in [6.45, 7) is 6.82. The molecule has 1 aliphatic rings. The summed E-state index contributed by atoms with van der Waals surface area (Å²) >= 11 is 0. The normalized spacial score (nSPS) is 17.9. The van der Waals surface area contributed by atoms with Crippen molar-refractivity contribution in [3.05, 3.63) is 11.6 Å². The average Bonchev–Trinajstić information content (AvgIpc) is 2.47. The zero-order valence-corrected chi connectivity index (χ0v) is 14.3. The highest BCUT2D eigenvalue weighted by Crippen LogP contribution is 2.36. The van der Waals surface area contributed by atoms with Crippen LogP contribution < -0.4 is 0 Å². The highest BCUT2D eigenvalue weighted by Gasteiger charge is 2.31. The van der Waals surface area contributed by atoms with Crippen LogP contribution in [0.2, 0.25) is 0 Å². The van der Waals surface area contributed by atoms with Crippen molar-refractivity contribution >= 4 is 0 Å². The van der Waals surface area contributed by atoms with Gasteiger partial charge in [-0.3, -0.25) is 0 Å². The molecule has 0 fully saturated rings. The molecule has 0 radical (unpaired) electrons. The van der Waals surface area contributed by atoms with Gasteiger partial charge in [0.25, 0.3) is 0 Å². The van der Waals surface area contributed by atoms with E-state index in [4.69, 9.17) is 4.74 Å². The molecular formula is C19H36O. The van der Waals surface area contributed by atoms with Gasteiger partial charge in [0.05, 0.1) is 5.60 Å². The molecule has 0 saturated carbocycles. The van der Waals surface area contributed by atoms with Crippen LogP contribution in [0.3, 0.4) is 0 Å². The van der Waals surface area contributed by atoms with Crippen molar-refractivity contribution in [1.82, 2.24) is 0 Å². The average molecular weight is 280 g/mol. The van der Waals surface area contributed by atoms with E-state index in [9.17, 15) is 0 Å². The zero-order valence-electron chi connectivity index (χ0n) is 14.3. The van der Waals surface area contributed by atoms with Gasteiger partial charge in [0.1, 0.15) is 0 Å². The minimum Gasteiger partial charge on any atom is -0.378 e. The first kappa shape index (κ1) is 17.8. The third kappa shape index (κ3) is 5.99. The number of rotatable bonds is 10. The van der Waals surface area contributed by atoms with Crippen molar-refractivity contribution in [2.75, 3.05) is 7.11 Å². The quantitative estimate of drug-likeness (QED) is 0.338. The number of hydrogen-bond acceptors (Lipinski definition) is 1. The Morgan fingerprint density at radius 1 is 1.10 bits per heavy atom. The fraction of sp³-hybridized carbons (Fsp3) is 0.895. The first-order valence-corrected chi connectivity index (χ1v) is 8.86. The maximum absolute atomic E-state index is 5.81. The monoisotopic (exact) mass is 280 g/mol. The Bertz CT molecular complexity index is 277. The third-order valence-corrected chi connectivity index (χ3v) is 4.99. The number of allylic oxidation sites excluding steroid dienone is 1. The molecule has 1 atom stereocenters. The molecule has 118 valence electrons. The summed E-state index contributed by atoms with van der Waals surface area (Å²) in [4.78, 5) is 0. The Morgan fingerprint density at radius 2 is 1.80 bits per heavy atom. The van der Waals surface area contributed by atoms with Crippen LogP contribution in [0.15, 0.2) is 11.6 Å². The van der Waals surface area contributed by atoms with E-state index in [1.807, 2.05) is 7.11 Å². The van der Waals surface area contributed by atoms with Gasteiger partial charge in [-0.15, -0.1) is 0 Å². The Balaban J connectivity index is 2.45. The molecule has 1 nitrogen and oxygen atoms in total. The molecule has 0 aromatic rings. The molecule has 0 bridgehead atoms. The van der Waals surface area contributed by atoms with E-state index in [1.165, 1.54) is 70.6 Å². The predicted molar refractivity (Wildman–Crippen MR) is 89.1 cm³/mol. The van der Waals surface area contributed by atoms with Gasteiger partial charge in [0.2, 0.25) is 0 Å². The molecule has 0 saturated heterocycles. The Labute approximate surface area is 127 Å². The molecule has 0 aromatic carbocycles. The van der Waals surface area contributed by atoms with Crippen molar-refractivity contribution < 1.29 is 4.74 Å². The fourth-order valence-corrected chi connectivity index (χ4v) is 3.43. The smallest absolute Gasteiger partial charge is 0.0687 e. The summed E-state index contributed by atoms with van der Waals surface area (Å²) in [6, 6.07) is 0. The topological polar surface area (TPSA) is 9.23 Å². The zero-order chi connectivity index (χ0) is 14.8. The summed E-state index contributed by atoms with van der Waals surface area (Å²) in [5.41, 5.74) is 1.67. The predicted octanol–water partition coefficient (Wildman–Crippen LogP) is 6.28. The van der Waals surface area contributed by atoms with Gasteiger partial charge in [0.15, 0.2) is 0 Å². The summed E-state index contributed by atoms with van der Waals surface area (Å²) in [7, 11) is 1.87. The maximum Gasteiger partial charge on any atom is 0.0687 e. The Hall–Kier alpha value is -0.300. The van der Waals surface area contributed by atoms with E-state index in [0.717, 1.165) is 0 Å². The summed E-state index contributed by atoms with van der Waals surface area (Å²) < 4.78 is 5.81. The minimum absolute atomic E-state index is 0.00735. The van der Waals surface area contributed by atoms with E-state index < -0.39 is 0 Å². The molecule has 20 heavy (non-hydrogen) atoms. The minimum atomic E-state index is -0.00735. The molecule has 0 aromatic heterocycles. The second-order valence-corrected chi connectivity index (χ2v) is 6.94. The van der Waals surface area contributed by atoms with E-state index >= 15 is 0 Å². The van der Waals surface area contributed by atoms with E-state index in [0.29, 0.717) is 5.92 Å². The standard InChI is InChI=1S/C19H36O/c1-5-6-7-8-9-13-16-18(19(2,3)20-4)17-14-11-10-12-15-17/h14,18H,5-13,15-16H2,1-4H3. The van der Waals surface area contributed by atoms with Crippen LogP contribution in [-0.4, -0.2) is 12.7 Å². The van der Waals surface area contributed by atoms with E-state index in [-0.39, 0.29) is 5.60 Å². The molecule has 1 rings (SSSR count). The van der Waals surface area contributed by atoms with Gasteiger partial charge in [-0.05, 0) is 46.0 Å². The lowest BCUT2D eigenvalue weighted by atomic mass is 9.76. The molecule has 1 aliphatic carbocycles. The summed E-state index contributed by atoms with van der Waals surface area (Å²) in [6.07, 6.45) is 17.5. The van der Waals surface area contributed by atoms with Gasteiger partial charge in [-0.1, -0.05) is 57.1 Å². The molecule has 0 N–H and O–H groups in total. The van der Waals surface area contributed by atoms with Gasteiger partial charge in [-0.25, -0.2) is 0 Å². The van der Waals surface area contributed by atoms with E-state index in [2.05, 4.69) is 26.8 Å². The lowest BCUT2D eigenvalue weighted by molar-refractivity contribution is -0.0204. The number of unbranched alkanes of at least 4 members (excludes halogenated alkanes) is 5. The fourth-order valence-electron chi connectivity index (χ4n) is 3.43. The first-order valence-electron chi connectivity index (χ1n) is 8.86. The van der Waals surface area contributed by atoms with Crippen LogP contribution in [-0.2, 0) is 4.74 Å². The van der Waals surface area contributed by atoms with Crippen LogP contribution in [0.5, 0.6) is 0 Å². The molecule has 0 amide bonds. The molecule has 1 unspecified atom stereocenters. The second kappa shape index (κ2) is 9.60. The summed E-state index contributed by atoms with van der Waals surface area (Å²) in [5, 5.41) is 0. The maximum atomic E-state index is 5.81.